The van der Waals surface area contributed by atoms with Gasteiger partial charge in [-0.3, -0.25) is 4.79 Å². The number of carbonyl (C=O) groups excluding carboxylic acids is 1. The third-order valence-corrected chi connectivity index (χ3v) is 7.07. The highest BCUT2D eigenvalue weighted by atomic mass is 32.2. The fraction of sp³-hybridized carbons (Fsp3) is 0.933. The average molecular weight is 330 g/mol. The minimum Gasteiger partial charge on any atom is -0.381 e. The Kier molecular flexibility index (Phi) is 4.49. The minimum absolute atomic E-state index is 0.0458. The zero-order chi connectivity index (χ0) is 15.8. The molecule has 7 heteroatoms. The average Bonchev–Trinajstić information content (AvgIpc) is 2.51. The zero-order valence-electron chi connectivity index (χ0n) is 13.2. The molecule has 1 saturated carbocycles. The number of piperidine rings is 1. The van der Waals surface area contributed by atoms with E-state index in [1.807, 2.05) is 0 Å². The molecule has 22 heavy (non-hydrogen) atoms. The molecule has 3 fully saturated rings. The van der Waals surface area contributed by atoms with Gasteiger partial charge in [-0.15, -0.1) is 0 Å². The quantitative estimate of drug-likeness (QED) is 0.828. The number of amides is 1. The van der Waals surface area contributed by atoms with E-state index in [1.165, 1.54) is 17.0 Å². The number of ether oxygens (including phenoxy) is 1. The minimum atomic E-state index is -3.13. The molecule has 2 aliphatic heterocycles. The van der Waals surface area contributed by atoms with Crippen molar-refractivity contribution < 1.29 is 17.9 Å². The second-order valence-electron chi connectivity index (χ2n) is 7.01. The van der Waals surface area contributed by atoms with Crippen LogP contribution in [0.15, 0.2) is 0 Å². The lowest BCUT2D eigenvalue weighted by atomic mass is 9.60. The summed E-state index contributed by atoms with van der Waals surface area (Å²) >= 11 is 0. The van der Waals surface area contributed by atoms with Crippen LogP contribution in [0.5, 0.6) is 0 Å². The second-order valence-corrected chi connectivity index (χ2v) is 8.99. The van der Waals surface area contributed by atoms with Crippen LogP contribution in [0.2, 0.25) is 0 Å². The maximum atomic E-state index is 12.5. The van der Waals surface area contributed by atoms with Gasteiger partial charge in [0.2, 0.25) is 15.9 Å². The van der Waals surface area contributed by atoms with Crippen molar-refractivity contribution in [2.24, 2.45) is 11.3 Å². The Morgan fingerprint density at radius 1 is 1.14 bits per heavy atom. The smallest absolute Gasteiger partial charge is 0.223 e. The van der Waals surface area contributed by atoms with E-state index >= 15 is 0 Å². The molecule has 1 N–H and O–H groups in total. The lowest BCUT2D eigenvalue weighted by molar-refractivity contribution is -0.132. The van der Waals surface area contributed by atoms with Crippen LogP contribution in [-0.2, 0) is 19.6 Å². The lowest BCUT2D eigenvalue weighted by Crippen LogP contribution is -2.58. The van der Waals surface area contributed by atoms with Gasteiger partial charge in [0.15, 0.2) is 0 Å². The number of hydrogen-bond acceptors (Lipinski definition) is 4. The summed E-state index contributed by atoms with van der Waals surface area (Å²) in [5.41, 5.74) is 0.265. The van der Waals surface area contributed by atoms with Crippen LogP contribution >= 0.6 is 0 Å². The van der Waals surface area contributed by atoms with E-state index in [0.717, 1.165) is 32.5 Å². The molecule has 1 atom stereocenters. The largest absolute Gasteiger partial charge is 0.381 e. The molecule has 2 heterocycles. The number of nitrogens with zero attached hydrogens (tertiary/aromatic N) is 1. The molecule has 1 spiro atoms. The molecule has 0 bridgehead atoms. The van der Waals surface area contributed by atoms with E-state index in [-0.39, 0.29) is 23.3 Å². The van der Waals surface area contributed by atoms with Gasteiger partial charge in [0.25, 0.3) is 0 Å². The van der Waals surface area contributed by atoms with E-state index < -0.39 is 10.0 Å². The Balaban J connectivity index is 1.51. The van der Waals surface area contributed by atoms with Crippen molar-refractivity contribution in [2.75, 3.05) is 32.6 Å². The first-order valence-electron chi connectivity index (χ1n) is 8.24. The molecule has 0 aromatic carbocycles. The summed E-state index contributed by atoms with van der Waals surface area (Å²) in [6.45, 7) is 2.53. The third-order valence-electron chi connectivity index (χ3n) is 5.77. The van der Waals surface area contributed by atoms with Crippen LogP contribution in [0.3, 0.4) is 0 Å². The summed E-state index contributed by atoms with van der Waals surface area (Å²) in [6, 6.07) is 0.289. The first kappa shape index (κ1) is 16.2. The van der Waals surface area contributed by atoms with Gasteiger partial charge >= 0.3 is 0 Å². The van der Waals surface area contributed by atoms with Gasteiger partial charge in [0.05, 0.1) is 6.26 Å². The van der Waals surface area contributed by atoms with Crippen LogP contribution in [0.25, 0.3) is 0 Å². The molecule has 1 aliphatic carbocycles. The number of rotatable bonds is 3. The van der Waals surface area contributed by atoms with Gasteiger partial charge in [0.1, 0.15) is 0 Å². The summed E-state index contributed by atoms with van der Waals surface area (Å²) in [5.74, 6) is 0.0687. The number of nitrogens with one attached hydrogen (secondary N) is 1. The normalized spacial score (nSPS) is 30.0. The fourth-order valence-corrected chi connectivity index (χ4v) is 4.91. The van der Waals surface area contributed by atoms with Gasteiger partial charge in [-0.25, -0.2) is 12.7 Å². The standard InChI is InChI=1S/C15H26N2O4S/c1-22(19,20)17-8-3-12(4-9-17)14(18)16-13-2-5-15(13)6-10-21-11-7-15/h12-13H,2-11H2,1H3,(H,16,18). The maximum absolute atomic E-state index is 12.5. The van der Waals surface area contributed by atoms with E-state index in [2.05, 4.69) is 5.32 Å². The molecule has 1 unspecified atom stereocenters. The molecular formula is C15H26N2O4S. The molecule has 6 nitrogen and oxygen atoms in total. The summed E-state index contributed by atoms with van der Waals surface area (Å²) in [6.07, 6.45) is 6.83. The number of carbonyl (C=O) groups is 1. The highest BCUT2D eigenvalue weighted by Gasteiger charge is 2.48. The van der Waals surface area contributed by atoms with E-state index in [9.17, 15) is 13.2 Å². The summed E-state index contributed by atoms with van der Waals surface area (Å²) in [5, 5.41) is 3.24. The van der Waals surface area contributed by atoms with Crippen LogP contribution in [0, 0.1) is 11.3 Å². The van der Waals surface area contributed by atoms with Crippen molar-refractivity contribution in [1.82, 2.24) is 9.62 Å². The van der Waals surface area contributed by atoms with Crippen LogP contribution < -0.4 is 5.32 Å². The molecule has 3 aliphatic rings. The highest BCUT2D eigenvalue weighted by Crippen LogP contribution is 2.48. The van der Waals surface area contributed by atoms with Crippen LogP contribution in [-0.4, -0.2) is 57.2 Å². The SMILES string of the molecule is CS(=O)(=O)N1CCC(C(=O)NC2CCC23CCOCC3)CC1. The van der Waals surface area contributed by atoms with Gasteiger partial charge in [0, 0.05) is 38.3 Å². The Morgan fingerprint density at radius 3 is 2.27 bits per heavy atom. The summed E-state index contributed by atoms with van der Waals surface area (Å²) in [7, 11) is -3.13. The predicted octanol–water partition coefficient (Wildman–Crippen LogP) is 0.733. The second kappa shape index (κ2) is 6.09. The number of hydrogen-bond donors (Lipinski definition) is 1. The number of sulfonamides is 1. The fourth-order valence-electron chi connectivity index (χ4n) is 4.04. The van der Waals surface area contributed by atoms with Crippen LogP contribution in [0.4, 0.5) is 0 Å². The Bertz CT molecular complexity index is 520. The molecule has 0 radical (unpaired) electrons. The van der Waals surface area contributed by atoms with Gasteiger partial charge in [-0.05, 0) is 43.9 Å². The topological polar surface area (TPSA) is 75.7 Å². The van der Waals surface area contributed by atoms with E-state index in [1.54, 1.807) is 0 Å². The Labute approximate surface area is 132 Å². The maximum Gasteiger partial charge on any atom is 0.223 e. The van der Waals surface area contributed by atoms with Crippen molar-refractivity contribution in [1.29, 1.82) is 0 Å². The van der Waals surface area contributed by atoms with E-state index in [4.69, 9.17) is 4.74 Å². The van der Waals surface area contributed by atoms with Crippen LogP contribution in [0.1, 0.15) is 38.5 Å². The first-order valence-corrected chi connectivity index (χ1v) is 10.1. The summed E-state index contributed by atoms with van der Waals surface area (Å²) in [4.78, 5) is 12.5. The molecule has 3 rings (SSSR count). The van der Waals surface area contributed by atoms with Crippen molar-refractivity contribution >= 4 is 15.9 Å². The van der Waals surface area contributed by atoms with E-state index in [0.29, 0.717) is 25.9 Å². The monoisotopic (exact) mass is 330 g/mol. The molecule has 126 valence electrons. The zero-order valence-corrected chi connectivity index (χ0v) is 14.0. The van der Waals surface area contributed by atoms with Crippen molar-refractivity contribution in [3.05, 3.63) is 0 Å². The molecule has 1 amide bonds. The Morgan fingerprint density at radius 2 is 1.77 bits per heavy atom. The lowest BCUT2D eigenvalue weighted by Gasteiger charge is -2.52. The predicted molar refractivity (Wildman–Crippen MR) is 82.8 cm³/mol. The molecule has 0 aromatic heterocycles. The first-order chi connectivity index (χ1) is 10.4. The highest BCUT2D eigenvalue weighted by molar-refractivity contribution is 7.88. The molecule has 2 saturated heterocycles. The van der Waals surface area contributed by atoms with Crippen molar-refractivity contribution in [3.63, 3.8) is 0 Å². The molecule has 0 aromatic rings. The van der Waals surface area contributed by atoms with Gasteiger partial charge < -0.3 is 10.1 Å². The van der Waals surface area contributed by atoms with Gasteiger partial charge in [-0.2, -0.15) is 0 Å². The van der Waals surface area contributed by atoms with Crippen molar-refractivity contribution in [2.45, 2.75) is 44.6 Å². The van der Waals surface area contributed by atoms with Gasteiger partial charge in [-0.1, -0.05) is 0 Å². The van der Waals surface area contributed by atoms with Crippen molar-refractivity contribution in [3.8, 4) is 0 Å². The molecular weight excluding hydrogens is 304 g/mol. The summed E-state index contributed by atoms with van der Waals surface area (Å²) < 4.78 is 29.9. The Hall–Kier alpha value is -0.660. The third kappa shape index (κ3) is 3.16.